The summed E-state index contributed by atoms with van der Waals surface area (Å²) in [5.74, 6) is 5.16. The van der Waals surface area contributed by atoms with E-state index in [-0.39, 0.29) is 12.5 Å². The van der Waals surface area contributed by atoms with Crippen LogP contribution in [0, 0.1) is 11.8 Å². The topological polar surface area (TPSA) is 40.5 Å². The lowest BCUT2D eigenvalue weighted by Crippen LogP contribution is -2.41. The number of likely N-dealkylation sites (N-methyl/N-ethyl adjacent to an activating group) is 1. The molecule has 1 aromatic carbocycles. The Balaban J connectivity index is 2.72. The minimum atomic E-state index is -0.903. The molecule has 3 heteroatoms. The number of hydrogen-bond donors (Lipinski definition) is 1. The molecule has 0 aliphatic heterocycles. The summed E-state index contributed by atoms with van der Waals surface area (Å²) in [6, 6.07) is 9.37. The minimum Gasteiger partial charge on any atom is -0.389 e. The molecule has 0 unspecified atom stereocenters. The zero-order valence-corrected chi connectivity index (χ0v) is 11.1. The molecule has 1 N–H and O–H groups in total. The Morgan fingerprint density at radius 1 is 1.33 bits per heavy atom. The molecule has 0 aromatic heterocycles. The number of carbonyl (C=O) groups excluding carboxylic acids is 1. The largest absolute Gasteiger partial charge is 0.389 e. The zero-order chi connectivity index (χ0) is 13.6. The Morgan fingerprint density at radius 3 is 2.44 bits per heavy atom. The Morgan fingerprint density at radius 2 is 1.94 bits per heavy atom. The first-order valence-electron chi connectivity index (χ1n) is 6.01. The van der Waals surface area contributed by atoms with Crippen LogP contribution in [0.1, 0.15) is 26.3 Å². The fourth-order valence-corrected chi connectivity index (χ4v) is 1.52. The lowest BCUT2D eigenvalue weighted by Gasteiger charge is -2.26. The molecule has 0 bridgehead atoms. The van der Waals surface area contributed by atoms with Gasteiger partial charge >= 0.3 is 0 Å². The second-order valence-corrected chi connectivity index (χ2v) is 4.75. The minimum absolute atomic E-state index is 0.261. The molecule has 3 nitrogen and oxygen atoms in total. The van der Waals surface area contributed by atoms with Crippen LogP contribution in [0.15, 0.2) is 30.3 Å². The van der Waals surface area contributed by atoms with Gasteiger partial charge in [-0.25, -0.2) is 0 Å². The predicted molar refractivity (Wildman–Crippen MR) is 71.9 cm³/mol. The third-order valence-electron chi connectivity index (χ3n) is 2.33. The maximum atomic E-state index is 11.9. The van der Waals surface area contributed by atoms with Crippen LogP contribution in [0.2, 0.25) is 0 Å². The van der Waals surface area contributed by atoms with Crippen molar-refractivity contribution in [2.45, 2.75) is 26.4 Å². The lowest BCUT2D eigenvalue weighted by atomic mass is 10.1. The highest BCUT2D eigenvalue weighted by Crippen LogP contribution is 2.04. The van der Waals surface area contributed by atoms with Gasteiger partial charge in [0.05, 0.1) is 5.60 Å². The van der Waals surface area contributed by atoms with Gasteiger partial charge in [-0.2, -0.15) is 0 Å². The van der Waals surface area contributed by atoms with E-state index in [1.165, 1.54) is 4.90 Å². The molecule has 0 saturated heterocycles. The standard InChI is InChI=1S/C15H19NO2/c1-4-16(12-15(2,3)18)14(17)11-10-13-8-6-5-7-9-13/h5-9,18H,4,12H2,1-3H3. The van der Waals surface area contributed by atoms with E-state index in [1.807, 2.05) is 37.3 Å². The Bertz CT molecular complexity index is 449. The van der Waals surface area contributed by atoms with Crippen molar-refractivity contribution in [3.05, 3.63) is 35.9 Å². The van der Waals surface area contributed by atoms with Crippen LogP contribution in [-0.4, -0.2) is 34.6 Å². The highest BCUT2D eigenvalue weighted by molar-refractivity contribution is 5.94. The van der Waals surface area contributed by atoms with Crippen LogP contribution in [0.4, 0.5) is 0 Å². The molecule has 0 heterocycles. The Hall–Kier alpha value is -1.79. The molecule has 18 heavy (non-hydrogen) atoms. The Labute approximate surface area is 108 Å². The average molecular weight is 245 g/mol. The van der Waals surface area contributed by atoms with Gasteiger partial charge < -0.3 is 10.0 Å². The summed E-state index contributed by atoms with van der Waals surface area (Å²) < 4.78 is 0. The van der Waals surface area contributed by atoms with Crippen molar-refractivity contribution in [2.24, 2.45) is 0 Å². The maximum Gasteiger partial charge on any atom is 0.298 e. The first kappa shape index (κ1) is 14.3. The van der Waals surface area contributed by atoms with Crippen LogP contribution in [-0.2, 0) is 4.79 Å². The first-order valence-corrected chi connectivity index (χ1v) is 6.01. The Kier molecular flexibility index (Phi) is 4.94. The molecule has 1 rings (SSSR count). The summed E-state index contributed by atoms with van der Waals surface area (Å²) in [6.45, 7) is 6.03. The summed E-state index contributed by atoms with van der Waals surface area (Å²) in [5.41, 5.74) is -0.0923. The monoisotopic (exact) mass is 245 g/mol. The lowest BCUT2D eigenvalue weighted by molar-refractivity contribution is -0.127. The van der Waals surface area contributed by atoms with Gasteiger partial charge in [-0.1, -0.05) is 24.1 Å². The van der Waals surface area contributed by atoms with E-state index < -0.39 is 5.60 Å². The summed E-state index contributed by atoms with van der Waals surface area (Å²) in [7, 11) is 0. The molecule has 0 aliphatic rings. The van der Waals surface area contributed by atoms with Crippen molar-refractivity contribution < 1.29 is 9.90 Å². The van der Waals surface area contributed by atoms with Crippen LogP contribution < -0.4 is 0 Å². The smallest absolute Gasteiger partial charge is 0.298 e. The van der Waals surface area contributed by atoms with Gasteiger partial charge in [0.1, 0.15) is 0 Å². The second kappa shape index (κ2) is 6.23. The van der Waals surface area contributed by atoms with E-state index in [2.05, 4.69) is 11.8 Å². The van der Waals surface area contributed by atoms with Crippen molar-refractivity contribution in [3.8, 4) is 11.8 Å². The summed E-state index contributed by atoms with van der Waals surface area (Å²) in [5, 5.41) is 9.71. The van der Waals surface area contributed by atoms with Crippen molar-refractivity contribution >= 4 is 5.91 Å². The van der Waals surface area contributed by atoms with Gasteiger partial charge in [0.25, 0.3) is 5.91 Å². The normalized spacial score (nSPS) is 10.4. The number of hydrogen-bond acceptors (Lipinski definition) is 2. The fourth-order valence-electron chi connectivity index (χ4n) is 1.52. The molecular weight excluding hydrogens is 226 g/mol. The van der Waals surface area contributed by atoms with Gasteiger partial charge in [-0.15, -0.1) is 0 Å². The zero-order valence-electron chi connectivity index (χ0n) is 11.1. The van der Waals surface area contributed by atoms with E-state index in [1.54, 1.807) is 13.8 Å². The van der Waals surface area contributed by atoms with Gasteiger partial charge in [-0.05, 0) is 32.9 Å². The average Bonchev–Trinajstić information content (AvgIpc) is 2.33. The molecule has 1 amide bonds. The summed E-state index contributed by atoms with van der Waals surface area (Å²) in [6.07, 6.45) is 0. The number of carbonyl (C=O) groups is 1. The van der Waals surface area contributed by atoms with E-state index in [0.29, 0.717) is 6.54 Å². The third-order valence-corrected chi connectivity index (χ3v) is 2.33. The molecule has 1 aromatic rings. The van der Waals surface area contributed by atoms with Crippen LogP contribution >= 0.6 is 0 Å². The predicted octanol–water partition coefficient (Wildman–Crippen LogP) is 1.66. The SMILES string of the molecule is CCN(CC(C)(C)O)C(=O)C#Cc1ccccc1. The van der Waals surface area contributed by atoms with Crippen LogP contribution in [0.25, 0.3) is 0 Å². The van der Waals surface area contributed by atoms with Crippen LogP contribution in [0.5, 0.6) is 0 Å². The molecular formula is C15H19NO2. The van der Waals surface area contributed by atoms with E-state index in [4.69, 9.17) is 0 Å². The van der Waals surface area contributed by atoms with E-state index in [9.17, 15) is 9.90 Å². The van der Waals surface area contributed by atoms with Crippen molar-refractivity contribution in [3.63, 3.8) is 0 Å². The highest BCUT2D eigenvalue weighted by Gasteiger charge is 2.19. The quantitative estimate of drug-likeness (QED) is 0.823. The van der Waals surface area contributed by atoms with Gasteiger partial charge in [0.2, 0.25) is 0 Å². The number of benzene rings is 1. The van der Waals surface area contributed by atoms with Crippen molar-refractivity contribution in [1.82, 2.24) is 4.90 Å². The summed E-state index contributed by atoms with van der Waals surface area (Å²) >= 11 is 0. The molecule has 0 atom stereocenters. The molecule has 96 valence electrons. The van der Waals surface area contributed by atoms with Crippen molar-refractivity contribution in [1.29, 1.82) is 0 Å². The second-order valence-electron chi connectivity index (χ2n) is 4.75. The molecule has 0 fully saturated rings. The number of rotatable bonds is 3. The summed E-state index contributed by atoms with van der Waals surface area (Å²) in [4.78, 5) is 13.4. The fraction of sp³-hybridized carbons (Fsp3) is 0.400. The maximum absolute atomic E-state index is 11.9. The number of aliphatic hydroxyl groups is 1. The third kappa shape index (κ3) is 5.03. The molecule has 0 radical (unpaired) electrons. The van der Waals surface area contributed by atoms with E-state index in [0.717, 1.165) is 5.56 Å². The number of nitrogens with zero attached hydrogens (tertiary/aromatic N) is 1. The van der Waals surface area contributed by atoms with E-state index >= 15 is 0 Å². The molecule has 0 saturated carbocycles. The highest BCUT2D eigenvalue weighted by atomic mass is 16.3. The van der Waals surface area contributed by atoms with Gasteiger partial charge in [0, 0.05) is 24.6 Å². The van der Waals surface area contributed by atoms with Gasteiger partial charge in [0.15, 0.2) is 0 Å². The van der Waals surface area contributed by atoms with Gasteiger partial charge in [-0.3, -0.25) is 4.79 Å². The van der Waals surface area contributed by atoms with Crippen molar-refractivity contribution in [2.75, 3.05) is 13.1 Å². The number of amides is 1. The van der Waals surface area contributed by atoms with Crippen LogP contribution in [0.3, 0.4) is 0 Å². The molecule has 0 spiro atoms. The first-order chi connectivity index (χ1) is 8.42. The molecule has 0 aliphatic carbocycles.